The van der Waals surface area contributed by atoms with E-state index >= 15 is 0 Å². The van der Waals surface area contributed by atoms with E-state index in [0.717, 1.165) is 27.1 Å². The second-order valence-corrected chi connectivity index (χ2v) is 7.03. The van der Waals surface area contributed by atoms with E-state index < -0.39 is 0 Å². The number of nitrogens with zero attached hydrogens (tertiary/aromatic N) is 1. The minimum atomic E-state index is -0.267. The first kappa shape index (κ1) is 20.3. The van der Waals surface area contributed by atoms with Crippen LogP contribution in [0.1, 0.15) is 18.1 Å². The smallest absolute Gasteiger partial charge is 0.237 e. The minimum absolute atomic E-state index is 0.0164. The summed E-state index contributed by atoms with van der Waals surface area (Å²) >= 11 is 3.48. The van der Waals surface area contributed by atoms with Crippen LogP contribution in [0.25, 0.3) is 0 Å². The van der Waals surface area contributed by atoms with Gasteiger partial charge in [0.1, 0.15) is 11.5 Å². The van der Waals surface area contributed by atoms with Gasteiger partial charge in [0.05, 0.1) is 20.3 Å². The summed E-state index contributed by atoms with van der Waals surface area (Å²) in [7, 11) is 5.21. The van der Waals surface area contributed by atoms with E-state index in [1.807, 2.05) is 61.3 Å². The third kappa shape index (κ3) is 5.47. The maximum atomic E-state index is 12.5. The zero-order valence-electron chi connectivity index (χ0n) is 15.6. The molecule has 2 aromatic carbocycles. The lowest BCUT2D eigenvalue weighted by atomic mass is 10.1. The molecule has 0 saturated carbocycles. The van der Waals surface area contributed by atoms with Crippen molar-refractivity contribution in [3.05, 3.63) is 58.1 Å². The van der Waals surface area contributed by atoms with E-state index in [2.05, 4.69) is 21.2 Å². The minimum Gasteiger partial charge on any atom is -0.497 e. The maximum absolute atomic E-state index is 12.5. The standard InChI is InChI=1S/C20H25BrN2O3/c1-14(20(24)22-12-15-5-8-18(25-3)9-6-15)23(2)13-16-11-17(21)7-10-19(16)26-4/h5-11,14H,12-13H2,1-4H3,(H,22,24)/t14-/m0/s1. The van der Waals surface area contributed by atoms with Crippen molar-refractivity contribution in [1.29, 1.82) is 0 Å². The number of ether oxygens (including phenoxy) is 2. The van der Waals surface area contributed by atoms with Gasteiger partial charge in [-0.2, -0.15) is 0 Å². The van der Waals surface area contributed by atoms with E-state index in [0.29, 0.717) is 13.1 Å². The molecule has 0 aliphatic carbocycles. The number of likely N-dealkylation sites (N-methyl/N-ethyl adjacent to an activating group) is 1. The number of amides is 1. The summed E-state index contributed by atoms with van der Waals surface area (Å²) in [6, 6.07) is 13.3. The van der Waals surface area contributed by atoms with Crippen LogP contribution in [-0.2, 0) is 17.9 Å². The van der Waals surface area contributed by atoms with Crippen LogP contribution in [0.4, 0.5) is 0 Å². The molecular weight excluding hydrogens is 396 g/mol. The molecule has 1 amide bonds. The molecule has 0 aliphatic heterocycles. The van der Waals surface area contributed by atoms with Crippen LogP contribution in [0.5, 0.6) is 11.5 Å². The van der Waals surface area contributed by atoms with Crippen molar-refractivity contribution in [1.82, 2.24) is 10.2 Å². The predicted octanol–water partition coefficient (Wildman–Crippen LogP) is 3.60. The van der Waals surface area contributed by atoms with Crippen LogP contribution < -0.4 is 14.8 Å². The van der Waals surface area contributed by atoms with Gasteiger partial charge in [-0.15, -0.1) is 0 Å². The Morgan fingerprint density at radius 3 is 2.46 bits per heavy atom. The molecule has 0 aromatic heterocycles. The molecule has 1 atom stereocenters. The number of carbonyl (C=O) groups is 1. The van der Waals surface area contributed by atoms with Gasteiger partial charge in [0.15, 0.2) is 0 Å². The molecule has 1 N–H and O–H groups in total. The molecule has 6 heteroatoms. The molecule has 0 aliphatic rings. The molecule has 0 unspecified atom stereocenters. The van der Waals surface area contributed by atoms with E-state index in [1.165, 1.54) is 0 Å². The normalized spacial score (nSPS) is 11.9. The monoisotopic (exact) mass is 420 g/mol. The maximum Gasteiger partial charge on any atom is 0.237 e. The third-order valence-electron chi connectivity index (χ3n) is 4.33. The van der Waals surface area contributed by atoms with Crippen LogP contribution in [0, 0.1) is 0 Å². The van der Waals surface area contributed by atoms with Crippen LogP contribution in [-0.4, -0.2) is 38.1 Å². The van der Waals surface area contributed by atoms with Gasteiger partial charge in [0.2, 0.25) is 5.91 Å². The van der Waals surface area contributed by atoms with Crippen LogP contribution >= 0.6 is 15.9 Å². The Hall–Kier alpha value is -2.05. The van der Waals surface area contributed by atoms with Crippen molar-refractivity contribution >= 4 is 21.8 Å². The van der Waals surface area contributed by atoms with E-state index in [1.54, 1.807) is 14.2 Å². The van der Waals surface area contributed by atoms with Gasteiger partial charge in [-0.25, -0.2) is 0 Å². The second-order valence-electron chi connectivity index (χ2n) is 6.11. The summed E-state index contributed by atoms with van der Waals surface area (Å²) < 4.78 is 11.5. The summed E-state index contributed by atoms with van der Waals surface area (Å²) in [6.07, 6.45) is 0. The Bertz CT molecular complexity index is 734. The van der Waals surface area contributed by atoms with Gasteiger partial charge >= 0.3 is 0 Å². The molecule has 0 heterocycles. The number of hydrogen-bond acceptors (Lipinski definition) is 4. The Kier molecular flexibility index (Phi) is 7.48. The predicted molar refractivity (Wildman–Crippen MR) is 106 cm³/mol. The first-order chi connectivity index (χ1) is 12.4. The zero-order chi connectivity index (χ0) is 19.1. The molecule has 0 saturated heterocycles. The SMILES string of the molecule is COc1ccc(CNC(=O)[C@H](C)N(C)Cc2cc(Br)ccc2OC)cc1. The van der Waals surface area contributed by atoms with Gasteiger partial charge in [-0.3, -0.25) is 9.69 Å². The Balaban J connectivity index is 1.93. The molecule has 2 aromatic rings. The number of benzene rings is 2. The van der Waals surface area contributed by atoms with Gasteiger partial charge in [-0.1, -0.05) is 28.1 Å². The number of halogens is 1. The molecule has 5 nitrogen and oxygen atoms in total. The molecule has 0 fully saturated rings. The first-order valence-corrected chi connectivity index (χ1v) is 9.17. The van der Waals surface area contributed by atoms with E-state index in [9.17, 15) is 4.79 Å². The third-order valence-corrected chi connectivity index (χ3v) is 4.82. The fourth-order valence-electron chi connectivity index (χ4n) is 2.56. The van der Waals surface area contributed by atoms with Crippen molar-refractivity contribution in [2.75, 3.05) is 21.3 Å². The fraction of sp³-hybridized carbons (Fsp3) is 0.350. The highest BCUT2D eigenvalue weighted by atomic mass is 79.9. The Morgan fingerprint density at radius 2 is 1.85 bits per heavy atom. The molecule has 0 radical (unpaired) electrons. The molecule has 0 bridgehead atoms. The van der Waals surface area contributed by atoms with Crippen LogP contribution in [0.2, 0.25) is 0 Å². The molecule has 0 spiro atoms. The average Bonchev–Trinajstić information content (AvgIpc) is 2.66. The Morgan fingerprint density at radius 1 is 1.15 bits per heavy atom. The van der Waals surface area contributed by atoms with Gasteiger partial charge < -0.3 is 14.8 Å². The Labute approximate surface area is 163 Å². The summed E-state index contributed by atoms with van der Waals surface area (Å²) in [5, 5.41) is 2.98. The highest BCUT2D eigenvalue weighted by Gasteiger charge is 2.19. The number of hydrogen-bond donors (Lipinski definition) is 1. The first-order valence-electron chi connectivity index (χ1n) is 8.38. The summed E-state index contributed by atoms with van der Waals surface area (Å²) in [5.74, 6) is 1.60. The molecule has 2 rings (SSSR count). The fourth-order valence-corrected chi connectivity index (χ4v) is 2.97. The average molecular weight is 421 g/mol. The van der Waals surface area contributed by atoms with Gasteiger partial charge in [0, 0.05) is 23.1 Å². The molecular formula is C20H25BrN2O3. The van der Waals surface area contributed by atoms with Gasteiger partial charge in [-0.05, 0) is 49.9 Å². The molecule has 26 heavy (non-hydrogen) atoms. The van der Waals surface area contributed by atoms with Crippen molar-refractivity contribution in [2.45, 2.75) is 26.1 Å². The highest BCUT2D eigenvalue weighted by molar-refractivity contribution is 9.10. The second kappa shape index (κ2) is 9.59. The van der Waals surface area contributed by atoms with Gasteiger partial charge in [0.25, 0.3) is 0 Å². The summed E-state index contributed by atoms with van der Waals surface area (Å²) in [4.78, 5) is 14.5. The zero-order valence-corrected chi connectivity index (χ0v) is 17.2. The van der Waals surface area contributed by atoms with Crippen molar-refractivity contribution in [2.24, 2.45) is 0 Å². The lowest BCUT2D eigenvalue weighted by molar-refractivity contribution is -0.125. The number of nitrogens with one attached hydrogen (secondary N) is 1. The quantitative estimate of drug-likeness (QED) is 0.708. The van der Waals surface area contributed by atoms with Crippen molar-refractivity contribution < 1.29 is 14.3 Å². The van der Waals surface area contributed by atoms with E-state index in [-0.39, 0.29) is 11.9 Å². The topological polar surface area (TPSA) is 50.8 Å². The van der Waals surface area contributed by atoms with E-state index in [4.69, 9.17) is 9.47 Å². The number of methoxy groups -OCH3 is 2. The largest absolute Gasteiger partial charge is 0.497 e. The van der Waals surface area contributed by atoms with Crippen LogP contribution in [0.15, 0.2) is 46.9 Å². The highest BCUT2D eigenvalue weighted by Crippen LogP contribution is 2.24. The number of rotatable bonds is 8. The van der Waals surface area contributed by atoms with Crippen LogP contribution in [0.3, 0.4) is 0 Å². The lowest BCUT2D eigenvalue weighted by Gasteiger charge is -2.25. The summed E-state index contributed by atoms with van der Waals surface area (Å²) in [5.41, 5.74) is 2.06. The summed E-state index contributed by atoms with van der Waals surface area (Å²) in [6.45, 7) is 2.99. The lowest BCUT2D eigenvalue weighted by Crippen LogP contribution is -2.42. The molecule has 140 valence electrons. The van der Waals surface area contributed by atoms with Crippen molar-refractivity contribution in [3.63, 3.8) is 0 Å². The van der Waals surface area contributed by atoms with Crippen molar-refractivity contribution in [3.8, 4) is 11.5 Å². The number of carbonyl (C=O) groups excluding carboxylic acids is 1.